The Morgan fingerprint density at radius 3 is 2.76 bits per heavy atom. The molecule has 0 aliphatic carbocycles. The quantitative estimate of drug-likeness (QED) is 0.751. The second-order valence-electron chi connectivity index (χ2n) is 4.78. The average molecular weight is 240 g/mol. The van der Waals surface area contributed by atoms with Gasteiger partial charge in [-0.1, -0.05) is 13.3 Å². The summed E-state index contributed by atoms with van der Waals surface area (Å²) in [5, 5.41) is 0. The van der Waals surface area contributed by atoms with Crippen LogP contribution < -0.4 is 0 Å². The van der Waals surface area contributed by atoms with E-state index in [-0.39, 0.29) is 23.9 Å². The van der Waals surface area contributed by atoms with Crippen molar-refractivity contribution in [3.8, 4) is 0 Å². The van der Waals surface area contributed by atoms with E-state index >= 15 is 0 Å². The number of ether oxygens (including phenoxy) is 1. The predicted molar refractivity (Wildman–Crippen MR) is 62.7 cm³/mol. The Morgan fingerprint density at radius 2 is 2.06 bits per heavy atom. The SMILES string of the molecule is CCC1CCC(C)O[C@@H]1c1cc(F)ccc1F. The van der Waals surface area contributed by atoms with Crippen LogP contribution in [0.15, 0.2) is 18.2 Å². The number of halogens is 2. The highest BCUT2D eigenvalue weighted by Crippen LogP contribution is 2.39. The van der Waals surface area contributed by atoms with Crippen LogP contribution in [-0.2, 0) is 4.74 Å². The predicted octanol–water partition coefficient (Wildman–Crippen LogP) is 4.23. The maximum absolute atomic E-state index is 13.7. The van der Waals surface area contributed by atoms with E-state index in [1.807, 2.05) is 6.92 Å². The van der Waals surface area contributed by atoms with E-state index < -0.39 is 5.82 Å². The minimum atomic E-state index is -0.405. The lowest BCUT2D eigenvalue weighted by Gasteiger charge is -2.35. The molecule has 0 bridgehead atoms. The Kier molecular flexibility index (Phi) is 3.77. The van der Waals surface area contributed by atoms with Gasteiger partial charge < -0.3 is 4.74 Å². The lowest BCUT2D eigenvalue weighted by molar-refractivity contribution is -0.0797. The summed E-state index contributed by atoms with van der Waals surface area (Å²) in [5.41, 5.74) is 0.364. The van der Waals surface area contributed by atoms with Gasteiger partial charge in [0.15, 0.2) is 0 Å². The minimum absolute atomic E-state index is 0.116. The van der Waals surface area contributed by atoms with E-state index in [1.54, 1.807) is 0 Å². The van der Waals surface area contributed by atoms with E-state index in [0.29, 0.717) is 5.56 Å². The van der Waals surface area contributed by atoms with Crippen LogP contribution in [0.3, 0.4) is 0 Å². The zero-order valence-electron chi connectivity index (χ0n) is 10.2. The maximum Gasteiger partial charge on any atom is 0.129 e. The molecule has 1 fully saturated rings. The van der Waals surface area contributed by atoms with Gasteiger partial charge in [-0.2, -0.15) is 0 Å². The fourth-order valence-electron chi connectivity index (χ4n) is 2.51. The Hall–Kier alpha value is -0.960. The van der Waals surface area contributed by atoms with Crippen LogP contribution in [0.2, 0.25) is 0 Å². The monoisotopic (exact) mass is 240 g/mol. The molecule has 0 N–H and O–H groups in total. The van der Waals surface area contributed by atoms with Gasteiger partial charge in [0.2, 0.25) is 0 Å². The Labute approximate surface area is 101 Å². The standard InChI is InChI=1S/C14H18F2O/c1-3-10-5-4-9(2)17-14(10)12-8-11(15)6-7-13(12)16/h6-10,14H,3-5H2,1-2H3/t9?,10?,14-/m0/s1. The first-order chi connectivity index (χ1) is 8.11. The molecule has 2 unspecified atom stereocenters. The van der Waals surface area contributed by atoms with Crippen molar-refractivity contribution in [1.29, 1.82) is 0 Å². The Morgan fingerprint density at radius 1 is 1.29 bits per heavy atom. The fourth-order valence-corrected chi connectivity index (χ4v) is 2.51. The van der Waals surface area contributed by atoms with Crippen molar-refractivity contribution in [3.63, 3.8) is 0 Å². The molecule has 3 atom stereocenters. The highest BCUT2D eigenvalue weighted by molar-refractivity contribution is 5.22. The van der Waals surface area contributed by atoms with E-state index in [9.17, 15) is 8.78 Å². The van der Waals surface area contributed by atoms with Crippen molar-refractivity contribution in [2.24, 2.45) is 5.92 Å². The van der Waals surface area contributed by atoms with Gasteiger partial charge in [0.25, 0.3) is 0 Å². The van der Waals surface area contributed by atoms with Gasteiger partial charge in [-0.05, 0) is 43.9 Å². The third-order valence-electron chi connectivity index (χ3n) is 3.54. The number of benzene rings is 1. The zero-order valence-corrected chi connectivity index (χ0v) is 10.2. The zero-order chi connectivity index (χ0) is 12.4. The number of rotatable bonds is 2. The molecular formula is C14H18F2O. The third-order valence-corrected chi connectivity index (χ3v) is 3.54. The first kappa shape index (κ1) is 12.5. The average Bonchev–Trinajstić information content (AvgIpc) is 2.32. The summed E-state index contributed by atoms with van der Waals surface area (Å²) in [6.45, 7) is 4.05. The lowest BCUT2D eigenvalue weighted by Crippen LogP contribution is -2.28. The Balaban J connectivity index is 2.31. The van der Waals surface area contributed by atoms with Crippen LogP contribution in [0.5, 0.6) is 0 Å². The van der Waals surface area contributed by atoms with Crippen molar-refractivity contribution >= 4 is 0 Å². The smallest absolute Gasteiger partial charge is 0.129 e. The molecule has 1 heterocycles. The molecule has 1 aliphatic heterocycles. The van der Waals surface area contributed by atoms with E-state index in [2.05, 4.69) is 6.92 Å². The molecule has 1 aromatic carbocycles. The summed E-state index contributed by atoms with van der Waals surface area (Å²) in [4.78, 5) is 0. The maximum atomic E-state index is 13.7. The van der Waals surface area contributed by atoms with E-state index in [0.717, 1.165) is 25.3 Å². The van der Waals surface area contributed by atoms with Crippen LogP contribution in [-0.4, -0.2) is 6.10 Å². The third kappa shape index (κ3) is 2.65. The van der Waals surface area contributed by atoms with Gasteiger partial charge in [-0.3, -0.25) is 0 Å². The molecule has 0 radical (unpaired) electrons. The van der Waals surface area contributed by atoms with Crippen LogP contribution in [0.1, 0.15) is 44.8 Å². The van der Waals surface area contributed by atoms with Crippen molar-refractivity contribution in [1.82, 2.24) is 0 Å². The molecule has 0 amide bonds. The summed E-state index contributed by atoms with van der Waals surface area (Å²) >= 11 is 0. The number of hydrogen-bond acceptors (Lipinski definition) is 1. The van der Waals surface area contributed by atoms with Gasteiger partial charge in [0, 0.05) is 5.56 Å². The van der Waals surface area contributed by atoms with Crippen molar-refractivity contribution in [2.75, 3.05) is 0 Å². The fraction of sp³-hybridized carbons (Fsp3) is 0.571. The second-order valence-corrected chi connectivity index (χ2v) is 4.78. The molecule has 1 nitrogen and oxygen atoms in total. The first-order valence-corrected chi connectivity index (χ1v) is 6.22. The summed E-state index contributed by atoms with van der Waals surface area (Å²) in [6, 6.07) is 3.59. The van der Waals surface area contributed by atoms with E-state index in [1.165, 1.54) is 12.1 Å². The van der Waals surface area contributed by atoms with Crippen LogP contribution in [0, 0.1) is 17.6 Å². The van der Waals surface area contributed by atoms with E-state index in [4.69, 9.17) is 4.74 Å². The van der Waals surface area contributed by atoms with Gasteiger partial charge in [-0.15, -0.1) is 0 Å². The molecular weight excluding hydrogens is 222 g/mol. The molecule has 0 saturated carbocycles. The normalized spacial score (nSPS) is 29.3. The van der Waals surface area contributed by atoms with Crippen LogP contribution in [0.4, 0.5) is 8.78 Å². The number of hydrogen-bond donors (Lipinski definition) is 0. The van der Waals surface area contributed by atoms with Gasteiger partial charge >= 0.3 is 0 Å². The molecule has 2 rings (SSSR count). The van der Waals surface area contributed by atoms with Gasteiger partial charge in [0.05, 0.1) is 12.2 Å². The van der Waals surface area contributed by atoms with Crippen molar-refractivity contribution < 1.29 is 13.5 Å². The summed E-state index contributed by atoms with van der Waals surface area (Å²) in [7, 11) is 0. The second kappa shape index (κ2) is 5.13. The highest BCUT2D eigenvalue weighted by atomic mass is 19.1. The molecule has 0 aromatic heterocycles. The molecule has 94 valence electrons. The first-order valence-electron chi connectivity index (χ1n) is 6.22. The molecule has 1 saturated heterocycles. The summed E-state index contributed by atoms with van der Waals surface area (Å²) in [5.74, 6) is -0.496. The molecule has 17 heavy (non-hydrogen) atoms. The highest BCUT2D eigenvalue weighted by Gasteiger charge is 2.31. The molecule has 3 heteroatoms. The largest absolute Gasteiger partial charge is 0.370 e. The summed E-state index contributed by atoms with van der Waals surface area (Å²) in [6.07, 6.45) is 2.74. The Bertz CT molecular complexity index is 392. The van der Waals surface area contributed by atoms with Gasteiger partial charge in [-0.25, -0.2) is 8.78 Å². The molecule has 0 spiro atoms. The van der Waals surface area contributed by atoms with Gasteiger partial charge in [0.1, 0.15) is 11.6 Å². The topological polar surface area (TPSA) is 9.23 Å². The minimum Gasteiger partial charge on any atom is -0.370 e. The van der Waals surface area contributed by atoms with Crippen molar-refractivity contribution in [2.45, 2.75) is 45.3 Å². The van der Waals surface area contributed by atoms with Crippen molar-refractivity contribution in [3.05, 3.63) is 35.4 Å². The molecule has 1 aliphatic rings. The van der Waals surface area contributed by atoms with Crippen LogP contribution in [0.25, 0.3) is 0 Å². The molecule has 1 aromatic rings. The lowest BCUT2D eigenvalue weighted by atomic mass is 9.86. The van der Waals surface area contributed by atoms with Crippen LogP contribution >= 0.6 is 0 Å². The summed E-state index contributed by atoms with van der Waals surface area (Å²) < 4.78 is 32.8.